The first kappa shape index (κ1) is 17.3. The number of nitrogen functional groups attached to an aromatic ring is 1. The van der Waals surface area contributed by atoms with Crippen molar-refractivity contribution >= 4 is 23.3 Å². The van der Waals surface area contributed by atoms with E-state index in [1.54, 1.807) is 25.3 Å². The summed E-state index contributed by atoms with van der Waals surface area (Å²) in [6.07, 6.45) is 1.70. The Kier molecular flexibility index (Phi) is 5.39. The molecule has 0 amide bonds. The molecule has 10 heteroatoms. The van der Waals surface area contributed by atoms with Crippen LogP contribution < -0.4 is 15.2 Å². The lowest BCUT2D eigenvalue weighted by atomic mass is 10.2. The second-order valence-corrected chi connectivity index (χ2v) is 5.09. The number of thioether (sulfide) groups is 1. The molecule has 0 saturated heterocycles. The van der Waals surface area contributed by atoms with Gasteiger partial charge in [0.05, 0.1) is 23.2 Å². The lowest BCUT2D eigenvalue weighted by Crippen LogP contribution is -2.05. The quantitative estimate of drug-likeness (QED) is 0.362. The lowest BCUT2D eigenvalue weighted by Gasteiger charge is -2.12. The molecule has 9 nitrogen and oxygen atoms in total. The summed E-state index contributed by atoms with van der Waals surface area (Å²) in [5.41, 5.74) is 5.40. The Balaban J connectivity index is 2.56. The molecule has 0 saturated carbocycles. The zero-order chi connectivity index (χ0) is 17.7. The number of aromatic nitrogens is 2. The molecule has 124 valence electrons. The van der Waals surface area contributed by atoms with Crippen molar-refractivity contribution in [3.63, 3.8) is 0 Å². The highest BCUT2D eigenvalue weighted by Gasteiger charge is 2.26. The van der Waals surface area contributed by atoms with Crippen LogP contribution in [0.25, 0.3) is 0 Å². The summed E-state index contributed by atoms with van der Waals surface area (Å²) in [6, 6.07) is 6.47. The molecule has 1 aromatic heterocycles. The number of rotatable bonds is 6. The smallest absolute Gasteiger partial charge is 0.373 e. The van der Waals surface area contributed by atoms with E-state index in [4.69, 9.17) is 20.5 Å². The molecule has 2 rings (SSSR count). The first-order chi connectivity index (χ1) is 11.5. The fourth-order valence-electron chi connectivity index (χ4n) is 1.80. The monoisotopic (exact) mass is 347 g/mol. The first-order valence-electron chi connectivity index (χ1n) is 6.70. The fraction of sp³-hybridized carbons (Fsp3) is 0.214. The van der Waals surface area contributed by atoms with Crippen molar-refractivity contribution in [1.82, 2.24) is 9.97 Å². The summed E-state index contributed by atoms with van der Waals surface area (Å²) >= 11 is 1.16. The minimum absolute atomic E-state index is 0.129. The largest absolute Gasteiger partial charge is 0.490 e. The van der Waals surface area contributed by atoms with E-state index in [0.717, 1.165) is 11.8 Å². The van der Waals surface area contributed by atoms with E-state index in [1.165, 1.54) is 6.07 Å². The molecule has 0 atom stereocenters. The Morgan fingerprint density at radius 1 is 1.42 bits per heavy atom. The molecule has 0 fully saturated rings. The van der Waals surface area contributed by atoms with Crippen LogP contribution in [0.5, 0.6) is 17.4 Å². The number of hydrogen-bond donors (Lipinski definition) is 1. The van der Waals surface area contributed by atoms with Crippen LogP contribution in [0.4, 0.5) is 11.5 Å². The van der Waals surface area contributed by atoms with Gasteiger partial charge in [-0.3, -0.25) is 10.1 Å². The van der Waals surface area contributed by atoms with Gasteiger partial charge in [-0.2, -0.15) is 15.2 Å². The normalized spacial score (nSPS) is 10.0. The van der Waals surface area contributed by atoms with Gasteiger partial charge in [-0.05, 0) is 25.3 Å². The predicted molar refractivity (Wildman–Crippen MR) is 87.3 cm³/mol. The summed E-state index contributed by atoms with van der Waals surface area (Å²) < 4.78 is 11.0. The van der Waals surface area contributed by atoms with Gasteiger partial charge in [0.2, 0.25) is 5.82 Å². The van der Waals surface area contributed by atoms with E-state index in [1.807, 2.05) is 6.07 Å². The van der Waals surface area contributed by atoms with Crippen LogP contribution in [0.3, 0.4) is 0 Å². The van der Waals surface area contributed by atoms with Crippen molar-refractivity contribution in [2.45, 2.75) is 12.1 Å². The maximum atomic E-state index is 11.2. The maximum absolute atomic E-state index is 11.2. The van der Waals surface area contributed by atoms with Crippen LogP contribution in [0.15, 0.2) is 23.4 Å². The third kappa shape index (κ3) is 3.64. The molecule has 0 bridgehead atoms. The van der Waals surface area contributed by atoms with E-state index in [0.29, 0.717) is 17.9 Å². The summed E-state index contributed by atoms with van der Waals surface area (Å²) in [4.78, 5) is 18.3. The summed E-state index contributed by atoms with van der Waals surface area (Å²) in [5.74, 6) is -0.158. The van der Waals surface area contributed by atoms with Gasteiger partial charge in [0.1, 0.15) is 0 Å². The summed E-state index contributed by atoms with van der Waals surface area (Å²) in [7, 11) is 0. The number of benzene rings is 1. The number of nitro groups is 1. The van der Waals surface area contributed by atoms with Gasteiger partial charge in [-0.15, -0.1) is 0 Å². The average Bonchev–Trinajstić information content (AvgIpc) is 2.55. The highest BCUT2D eigenvalue weighted by atomic mass is 32.2. The Morgan fingerprint density at radius 2 is 2.17 bits per heavy atom. The number of nitrogens with two attached hydrogens (primary N) is 1. The molecular formula is C14H13N5O4S. The highest BCUT2D eigenvalue weighted by Crippen LogP contribution is 2.38. The third-order valence-corrected chi connectivity index (χ3v) is 3.35. The van der Waals surface area contributed by atoms with Gasteiger partial charge >= 0.3 is 11.6 Å². The van der Waals surface area contributed by atoms with Crippen molar-refractivity contribution in [2.24, 2.45) is 0 Å². The number of anilines is 1. The fourth-order valence-corrected chi connectivity index (χ4v) is 2.16. The topological polar surface area (TPSA) is 137 Å². The number of hydrogen-bond acceptors (Lipinski definition) is 9. The van der Waals surface area contributed by atoms with Gasteiger partial charge < -0.3 is 15.2 Å². The molecular weight excluding hydrogens is 334 g/mol. The molecule has 2 N–H and O–H groups in total. The van der Waals surface area contributed by atoms with Crippen LogP contribution in [0.2, 0.25) is 0 Å². The van der Waals surface area contributed by atoms with E-state index in [2.05, 4.69) is 9.97 Å². The summed E-state index contributed by atoms with van der Waals surface area (Å²) in [6.45, 7) is 2.13. The number of nitrogens with zero attached hydrogens (tertiary/aromatic N) is 4. The minimum Gasteiger partial charge on any atom is -0.490 e. The number of ether oxygens (including phenoxy) is 2. The minimum atomic E-state index is -0.719. The first-order valence-corrected chi connectivity index (χ1v) is 7.93. The number of nitriles is 1. The second kappa shape index (κ2) is 7.47. The Morgan fingerprint density at radius 3 is 2.75 bits per heavy atom. The van der Waals surface area contributed by atoms with E-state index < -0.39 is 10.6 Å². The molecule has 0 aliphatic rings. The van der Waals surface area contributed by atoms with Crippen molar-refractivity contribution in [3.05, 3.63) is 33.9 Å². The van der Waals surface area contributed by atoms with Gasteiger partial charge in [0.15, 0.2) is 16.7 Å². The molecule has 0 spiro atoms. The van der Waals surface area contributed by atoms with Gasteiger partial charge in [0.25, 0.3) is 0 Å². The van der Waals surface area contributed by atoms with Crippen LogP contribution in [0.1, 0.15) is 12.5 Å². The second-order valence-electron chi connectivity index (χ2n) is 4.31. The van der Waals surface area contributed by atoms with E-state index >= 15 is 0 Å². The molecule has 1 aromatic carbocycles. The average molecular weight is 347 g/mol. The molecule has 0 radical (unpaired) electrons. The van der Waals surface area contributed by atoms with Gasteiger partial charge in [-0.1, -0.05) is 11.8 Å². The zero-order valence-corrected chi connectivity index (χ0v) is 13.7. The molecule has 2 aromatic rings. The van der Waals surface area contributed by atoms with E-state index in [9.17, 15) is 10.1 Å². The van der Waals surface area contributed by atoms with Crippen LogP contribution >= 0.6 is 11.8 Å². The predicted octanol–water partition coefficient (Wildman–Crippen LogP) is 2.75. The van der Waals surface area contributed by atoms with Crippen molar-refractivity contribution < 1.29 is 14.4 Å². The Hall–Kier alpha value is -3.06. The Bertz CT molecular complexity index is 822. The standard InChI is InChI=1S/C14H13N5O4S/c1-3-22-9-5-4-8(7-15)6-10(9)23-13-11(19(20)21)12(16)17-14(18-13)24-2/h4-6H,3H2,1-2H3,(H2,16,17,18). The zero-order valence-electron chi connectivity index (χ0n) is 12.8. The Labute approximate surface area is 141 Å². The SMILES string of the molecule is CCOc1ccc(C#N)cc1Oc1nc(SC)nc(N)c1[N+](=O)[O-]. The molecule has 24 heavy (non-hydrogen) atoms. The van der Waals surface area contributed by atoms with Crippen molar-refractivity contribution in [2.75, 3.05) is 18.6 Å². The third-order valence-electron chi connectivity index (χ3n) is 2.80. The maximum Gasteiger partial charge on any atom is 0.373 e. The highest BCUT2D eigenvalue weighted by molar-refractivity contribution is 7.98. The van der Waals surface area contributed by atoms with Crippen molar-refractivity contribution in [1.29, 1.82) is 5.26 Å². The van der Waals surface area contributed by atoms with Crippen LogP contribution in [0, 0.1) is 21.4 Å². The molecule has 0 aliphatic carbocycles. The molecule has 0 aliphatic heterocycles. The van der Waals surface area contributed by atoms with Gasteiger partial charge in [-0.25, -0.2) is 0 Å². The molecule has 0 unspecified atom stereocenters. The van der Waals surface area contributed by atoms with Crippen LogP contribution in [-0.2, 0) is 0 Å². The van der Waals surface area contributed by atoms with Gasteiger partial charge in [0, 0.05) is 6.07 Å². The summed E-state index contributed by atoms with van der Waals surface area (Å²) in [5, 5.41) is 20.5. The van der Waals surface area contributed by atoms with E-state index in [-0.39, 0.29) is 22.6 Å². The van der Waals surface area contributed by atoms with Crippen molar-refractivity contribution in [3.8, 4) is 23.4 Å². The molecule has 1 heterocycles. The van der Waals surface area contributed by atoms with Crippen LogP contribution in [-0.4, -0.2) is 27.8 Å². The lowest BCUT2D eigenvalue weighted by molar-refractivity contribution is -0.385.